The fourth-order valence-electron chi connectivity index (χ4n) is 2.88. The third kappa shape index (κ3) is 3.44. The number of benzene rings is 1. The average Bonchev–Trinajstić information content (AvgIpc) is 3.36. The molecule has 1 heterocycles. The van der Waals surface area contributed by atoms with Crippen molar-refractivity contribution in [2.45, 2.75) is 38.8 Å². The van der Waals surface area contributed by atoms with Crippen molar-refractivity contribution in [1.82, 2.24) is 4.90 Å². The van der Waals surface area contributed by atoms with Crippen LogP contribution in [0.2, 0.25) is 0 Å². The largest absolute Gasteiger partial charge is 0.478 e. The number of para-hydroxylation sites is 1. The maximum atomic E-state index is 12.9. The van der Waals surface area contributed by atoms with Crippen LogP contribution in [0.15, 0.2) is 34.7 Å². The Labute approximate surface area is 149 Å². The smallest absolute Gasteiger partial charge is 0.339 e. The normalized spacial score (nSPS) is 13.4. The zero-order chi connectivity index (χ0) is 18.8. The number of aromatic carboxylic acids is 1. The Kier molecular flexibility index (Phi) is 4.75. The molecule has 0 spiro atoms. The molecule has 0 bridgehead atoms. The van der Waals surface area contributed by atoms with Crippen LogP contribution < -0.4 is 0 Å². The van der Waals surface area contributed by atoms with Gasteiger partial charge in [-0.2, -0.15) is 0 Å². The number of aryl methyl sites for hydroxylation is 1. The molecule has 1 aliphatic rings. The van der Waals surface area contributed by atoms with E-state index in [1.54, 1.807) is 25.1 Å². The molecule has 8 nitrogen and oxygen atoms in total. The number of carbonyl (C=O) groups is 2. The van der Waals surface area contributed by atoms with Crippen molar-refractivity contribution in [2.24, 2.45) is 0 Å². The molecule has 26 heavy (non-hydrogen) atoms. The van der Waals surface area contributed by atoms with Gasteiger partial charge in [0, 0.05) is 30.2 Å². The second kappa shape index (κ2) is 6.99. The zero-order valence-electron chi connectivity index (χ0n) is 14.2. The van der Waals surface area contributed by atoms with Gasteiger partial charge in [0.2, 0.25) is 0 Å². The fourth-order valence-corrected chi connectivity index (χ4v) is 2.88. The first-order valence-electron chi connectivity index (χ1n) is 8.31. The van der Waals surface area contributed by atoms with E-state index in [1.807, 2.05) is 0 Å². The van der Waals surface area contributed by atoms with Gasteiger partial charge in [-0.3, -0.25) is 14.9 Å². The highest BCUT2D eigenvalue weighted by atomic mass is 16.6. The number of nitro benzene ring substituents is 1. The SMILES string of the molecule is CCc1oc(C(=O)N(Cc2ccccc2[N+](=O)[O-])C2CC2)cc1C(=O)O. The number of hydrogen-bond donors (Lipinski definition) is 1. The van der Waals surface area contributed by atoms with Crippen LogP contribution in [0.25, 0.3) is 0 Å². The highest BCUT2D eigenvalue weighted by Crippen LogP contribution is 2.32. The minimum atomic E-state index is -1.15. The summed E-state index contributed by atoms with van der Waals surface area (Å²) in [5.74, 6) is -1.42. The summed E-state index contributed by atoms with van der Waals surface area (Å²) in [6, 6.07) is 7.48. The monoisotopic (exact) mass is 358 g/mol. The molecule has 1 aliphatic carbocycles. The van der Waals surface area contributed by atoms with E-state index >= 15 is 0 Å². The van der Waals surface area contributed by atoms with Gasteiger partial charge in [-0.25, -0.2) is 4.79 Å². The first-order valence-corrected chi connectivity index (χ1v) is 8.31. The van der Waals surface area contributed by atoms with Crippen molar-refractivity contribution in [2.75, 3.05) is 0 Å². The summed E-state index contributed by atoms with van der Waals surface area (Å²) in [4.78, 5) is 36.4. The molecule has 1 aromatic heterocycles. The van der Waals surface area contributed by atoms with Crippen LogP contribution in [-0.2, 0) is 13.0 Å². The predicted octanol–water partition coefficient (Wildman–Crippen LogP) is 3.25. The molecule has 1 fully saturated rings. The van der Waals surface area contributed by atoms with Crippen LogP contribution in [-0.4, -0.2) is 32.8 Å². The third-order valence-electron chi connectivity index (χ3n) is 4.35. The first-order chi connectivity index (χ1) is 12.4. The van der Waals surface area contributed by atoms with Crippen molar-refractivity contribution in [3.8, 4) is 0 Å². The van der Waals surface area contributed by atoms with E-state index in [1.165, 1.54) is 17.0 Å². The van der Waals surface area contributed by atoms with Gasteiger partial charge in [-0.1, -0.05) is 25.1 Å². The van der Waals surface area contributed by atoms with Crippen molar-refractivity contribution in [3.63, 3.8) is 0 Å². The van der Waals surface area contributed by atoms with Gasteiger partial charge in [0.05, 0.1) is 11.5 Å². The topological polar surface area (TPSA) is 114 Å². The Balaban J connectivity index is 1.91. The molecular formula is C18H18N2O6. The number of carboxylic acid groups (broad SMARTS) is 1. The number of carboxylic acids is 1. The Bertz CT molecular complexity index is 868. The highest BCUT2D eigenvalue weighted by Gasteiger charge is 2.36. The molecule has 0 radical (unpaired) electrons. The summed E-state index contributed by atoms with van der Waals surface area (Å²) in [6.07, 6.45) is 1.96. The quantitative estimate of drug-likeness (QED) is 0.600. The number of carbonyl (C=O) groups excluding carboxylic acids is 1. The second-order valence-corrected chi connectivity index (χ2v) is 6.16. The van der Waals surface area contributed by atoms with Gasteiger partial charge in [0.1, 0.15) is 11.3 Å². The number of amides is 1. The van der Waals surface area contributed by atoms with Gasteiger partial charge in [0.15, 0.2) is 5.76 Å². The predicted molar refractivity (Wildman–Crippen MR) is 91.0 cm³/mol. The lowest BCUT2D eigenvalue weighted by Gasteiger charge is -2.21. The minimum Gasteiger partial charge on any atom is -0.478 e. The van der Waals surface area contributed by atoms with Crippen molar-refractivity contribution < 1.29 is 24.0 Å². The van der Waals surface area contributed by atoms with Gasteiger partial charge in [-0.15, -0.1) is 0 Å². The summed E-state index contributed by atoms with van der Waals surface area (Å²) >= 11 is 0. The lowest BCUT2D eigenvalue weighted by molar-refractivity contribution is -0.385. The Morgan fingerprint density at radius 3 is 2.58 bits per heavy atom. The molecule has 2 aromatic rings. The first kappa shape index (κ1) is 17.7. The molecule has 1 N–H and O–H groups in total. The molecule has 0 saturated heterocycles. The lowest BCUT2D eigenvalue weighted by atomic mass is 10.1. The Morgan fingerprint density at radius 2 is 2.04 bits per heavy atom. The van der Waals surface area contributed by atoms with Gasteiger partial charge in [-0.05, 0) is 12.8 Å². The van der Waals surface area contributed by atoms with Gasteiger partial charge >= 0.3 is 5.97 Å². The summed E-state index contributed by atoms with van der Waals surface area (Å²) in [5.41, 5.74) is 0.349. The van der Waals surface area contributed by atoms with Crippen LogP contribution >= 0.6 is 0 Å². The Hall–Kier alpha value is -3.16. The molecule has 1 saturated carbocycles. The van der Waals surface area contributed by atoms with E-state index in [0.29, 0.717) is 12.0 Å². The standard InChI is InChI=1S/C18H18N2O6/c1-2-15-13(18(22)23)9-16(26-15)17(21)19(12-7-8-12)10-11-5-3-4-6-14(11)20(24)25/h3-6,9,12H,2,7-8,10H2,1H3,(H,22,23). The minimum absolute atomic E-state index is 0.0224. The van der Waals surface area contributed by atoms with E-state index in [2.05, 4.69) is 0 Å². The molecule has 136 valence electrons. The highest BCUT2D eigenvalue weighted by molar-refractivity contribution is 5.96. The second-order valence-electron chi connectivity index (χ2n) is 6.16. The number of hydrogen-bond acceptors (Lipinski definition) is 5. The number of nitrogens with zero attached hydrogens (tertiary/aromatic N) is 2. The molecule has 1 amide bonds. The fraction of sp³-hybridized carbons (Fsp3) is 0.333. The summed E-state index contributed by atoms with van der Waals surface area (Å²) < 4.78 is 5.46. The van der Waals surface area contributed by atoms with Crippen LogP contribution in [0.1, 0.15) is 52.0 Å². The van der Waals surface area contributed by atoms with Gasteiger partial charge in [0.25, 0.3) is 11.6 Å². The van der Waals surface area contributed by atoms with Crippen molar-refractivity contribution in [1.29, 1.82) is 0 Å². The molecule has 1 aromatic carbocycles. The number of nitro groups is 1. The summed E-state index contributed by atoms with van der Waals surface area (Å²) in [7, 11) is 0. The van der Waals surface area contributed by atoms with Crippen molar-refractivity contribution in [3.05, 3.63) is 63.1 Å². The maximum absolute atomic E-state index is 12.9. The van der Waals surface area contributed by atoms with E-state index in [9.17, 15) is 24.8 Å². The van der Waals surface area contributed by atoms with E-state index in [4.69, 9.17) is 4.42 Å². The van der Waals surface area contributed by atoms with E-state index < -0.39 is 16.8 Å². The zero-order valence-corrected chi connectivity index (χ0v) is 14.2. The average molecular weight is 358 g/mol. The molecule has 0 unspecified atom stereocenters. The van der Waals surface area contributed by atoms with E-state index in [0.717, 1.165) is 12.8 Å². The van der Waals surface area contributed by atoms with Crippen molar-refractivity contribution >= 4 is 17.6 Å². The van der Waals surface area contributed by atoms with Crippen LogP contribution in [0.5, 0.6) is 0 Å². The van der Waals surface area contributed by atoms with Crippen LogP contribution in [0.3, 0.4) is 0 Å². The van der Waals surface area contributed by atoms with Gasteiger partial charge < -0.3 is 14.4 Å². The third-order valence-corrected chi connectivity index (χ3v) is 4.35. The Morgan fingerprint density at radius 1 is 1.35 bits per heavy atom. The molecule has 0 atom stereocenters. The van der Waals surface area contributed by atoms with Crippen LogP contribution in [0.4, 0.5) is 5.69 Å². The lowest BCUT2D eigenvalue weighted by Crippen LogP contribution is -2.32. The summed E-state index contributed by atoms with van der Waals surface area (Å²) in [6.45, 7) is 1.82. The molecule has 3 rings (SSSR count). The summed E-state index contributed by atoms with van der Waals surface area (Å²) in [5, 5.41) is 20.4. The molecule has 8 heteroatoms. The number of furan rings is 1. The maximum Gasteiger partial charge on any atom is 0.339 e. The van der Waals surface area contributed by atoms with Crippen LogP contribution in [0, 0.1) is 10.1 Å². The molecule has 0 aliphatic heterocycles. The van der Waals surface area contributed by atoms with E-state index in [-0.39, 0.29) is 35.4 Å². The number of rotatable bonds is 7. The molecular weight excluding hydrogens is 340 g/mol.